The Morgan fingerprint density at radius 1 is 1.90 bits per heavy atom. The van der Waals surface area contributed by atoms with Gasteiger partial charge < -0.3 is 9.84 Å². The van der Waals surface area contributed by atoms with Gasteiger partial charge in [0.05, 0.1) is 12.7 Å². The third-order valence-electron chi connectivity index (χ3n) is 2.12. The lowest BCUT2D eigenvalue weighted by molar-refractivity contribution is 0.0921. The fraction of sp³-hybridized carbons (Fsp3) is 0.750. The molecule has 2 atom stereocenters. The van der Waals surface area contributed by atoms with Crippen molar-refractivity contribution in [1.82, 2.24) is 0 Å². The van der Waals surface area contributed by atoms with Crippen LogP contribution in [0.4, 0.5) is 0 Å². The van der Waals surface area contributed by atoms with Crippen molar-refractivity contribution in [2.24, 2.45) is 5.41 Å². The maximum absolute atomic E-state index is 8.90. The van der Waals surface area contributed by atoms with Gasteiger partial charge in [0, 0.05) is 12.0 Å². The molecule has 1 saturated carbocycles. The lowest BCUT2D eigenvalue weighted by atomic mass is 10.1. The van der Waals surface area contributed by atoms with Gasteiger partial charge >= 0.3 is 0 Å². The van der Waals surface area contributed by atoms with Crippen molar-refractivity contribution in [2.75, 3.05) is 13.2 Å². The van der Waals surface area contributed by atoms with Crippen molar-refractivity contribution in [2.45, 2.75) is 19.4 Å². The molecule has 1 rings (SSSR count). The largest absolute Gasteiger partial charge is 0.395 e. The maximum atomic E-state index is 8.90. The number of aliphatic hydroxyl groups excluding tert-OH is 1. The average Bonchev–Trinajstić information content (AvgIpc) is 2.65. The Morgan fingerprint density at radius 2 is 2.60 bits per heavy atom. The highest BCUT2D eigenvalue weighted by atomic mass is 16.5. The molecule has 0 unspecified atom stereocenters. The molecule has 2 nitrogen and oxygen atoms in total. The molecule has 0 aromatic carbocycles. The van der Waals surface area contributed by atoms with Crippen LogP contribution in [0.3, 0.4) is 0 Å². The zero-order valence-corrected chi connectivity index (χ0v) is 6.34. The van der Waals surface area contributed by atoms with Gasteiger partial charge in [0.25, 0.3) is 0 Å². The molecule has 0 spiro atoms. The summed E-state index contributed by atoms with van der Waals surface area (Å²) < 4.78 is 5.32. The van der Waals surface area contributed by atoms with Crippen LogP contribution in [0.1, 0.15) is 13.3 Å². The van der Waals surface area contributed by atoms with Crippen molar-refractivity contribution >= 4 is 0 Å². The Balaban J connectivity index is 2.37. The smallest absolute Gasteiger partial charge is 0.0698 e. The third-order valence-corrected chi connectivity index (χ3v) is 2.12. The Hall–Kier alpha value is -0.340. The van der Waals surface area contributed by atoms with Gasteiger partial charge in [-0.05, 0) is 13.3 Å². The van der Waals surface area contributed by atoms with Crippen molar-refractivity contribution < 1.29 is 9.84 Å². The fourth-order valence-electron chi connectivity index (χ4n) is 1.16. The standard InChI is InChI=1S/C8H14O2/c1-3-8(6-9)5-7(8)10-4-2/h3,7,9H,1,4-6H2,2H3/t7-,8+/m0/s1. The minimum atomic E-state index is -0.101. The van der Waals surface area contributed by atoms with E-state index in [9.17, 15) is 0 Å². The molecule has 0 radical (unpaired) electrons. The maximum Gasteiger partial charge on any atom is 0.0698 e. The second-order valence-corrected chi connectivity index (χ2v) is 2.74. The summed E-state index contributed by atoms with van der Waals surface area (Å²) in [6.07, 6.45) is 2.95. The predicted molar refractivity (Wildman–Crippen MR) is 39.7 cm³/mol. The van der Waals surface area contributed by atoms with Gasteiger partial charge in [-0.15, -0.1) is 6.58 Å². The van der Waals surface area contributed by atoms with Gasteiger partial charge in [0.15, 0.2) is 0 Å². The molecule has 0 amide bonds. The number of hydrogen-bond donors (Lipinski definition) is 1. The first-order chi connectivity index (χ1) is 4.79. The summed E-state index contributed by atoms with van der Waals surface area (Å²) in [6, 6.07) is 0. The van der Waals surface area contributed by atoms with Crippen LogP contribution in [0.2, 0.25) is 0 Å². The summed E-state index contributed by atoms with van der Waals surface area (Å²) in [4.78, 5) is 0. The van der Waals surface area contributed by atoms with Crippen LogP contribution < -0.4 is 0 Å². The van der Waals surface area contributed by atoms with E-state index in [2.05, 4.69) is 6.58 Å². The third kappa shape index (κ3) is 1.09. The van der Waals surface area contributed by atoms with Gasteiger partial charge in [0.1, 0.15) is 0 Å². The molecule has 0 aliphatic heterocycles. The van der Waals surface area contributed by atoms with Crippen molar-refractivity contribution in [1.29, 1.82) is 0 Å². The molecule has 0 bridgehead atoms. The Labute approximate surface area is 61.5 Å². The Bertz CT molecular complexity index is 133. The molecule has 1 aliphatic carbocycles. The summed E-state index contributed by atoms with van der Waals surface area (Å²) >= 11 is 0. The molecule has 0 heterocycles. The molecule has 0 aromatic heterocycles. The van der Waals surface area contributed by atoms with Crippen LogP contribution in [0.5, 0.6) is 0 Å². The first-order valence-electron chi connectivity index (χ1n) is 3.65. The summed E-state index contributed by atoms with van der Waals surface area (Å²) in [7, 11) is 0. The molecule has 58 valence electrons. The van der Waals surface area contributed by atoms with E-state index in [1.807, 2.05) is 6.92 Å². The molecule has 10 heavy (non-hydrogen) atoms. The van der Waals surface area contributed by atoms with E-state index in [1.54, 1.807) is 6.08 Å². The zero-order chi connectivity index (χ0) is 7.61. The van der Waals surface area contributed by atoms with Crippen LogP contribution in [-0.4, -0.2) is 24.4 Å². The molecule has 1 N–H and O–H groups in total. The molecule has 1 fully saturated rings. The van der Waals surface area contributed by atoms with E-state index in [1.165, 1.54) is 0 Å². The van der Waals surface area contributed by atoms with Gasteiger partial charge in [-0.2, -0.15) is 0 Å². The van der Waals surface area contributed by atoms with Crippen LogP contribution in [-0.2, 0) is 4.74 Å². The van der Waals surface area contributed by atoms with E-state index < -0.39 is 0 Å². The molecular formula is C8H14O2. The van der Waals surface area contributed by atoms with E-state index >= 15 is 0 Å². The highest BCUT2D eigenvalue weighted by Crippen LogP contribution is 2.48. The Kier molecular flexibility index (Phi) is 2.11. The normalized spacial score (nSPS) is 37.6. The van der Waals surface area contributed by atoms with Crippen LogP contribution >= 0.6 is 0 Å². The number of hydrogen-bond acceptors (Lipinski definition) is 2. The van der Waals surface area contributed by atoms with Gasteiger partial charge in [-0.3, -0.25) is 0 Å². The average molecular weight is 142 g/mol. The number of ether oxygens (including phenoxy) is 1. The fourth-order valence-corrected chi connectivity index (χ4v) is 1.16. The summed E-state index contributed by atoms with van der Waals surface area (Å²) in [5.74, 6) is 0. The van der Waals surface area contributed by atoms with Crippen LogP contribution in [0, 0.1) is 5.41 Å². The van der Waals surface area contributed by atoms with E-state index in [0.29, 0.717) is 0 Å². The van der Waals surface area contributed by atoms with Crippen LogP contribution in [0.25, 0.3) is 0 Å². The second-order valence-electron chi connectivity index (χ2n) is 2.74. The van der Waals surface area contributed by atoms with E-state index in [-0.39, 0.29) is 18.1 Å². The summed E-state index contributed by atoms with van der Waals surface area (Å²) in [6.45, 7) is 6.51. The molecule has 1 aliphatic rings. The zero-order valence-electron chi connectivity index (χ0n) is 6.34. The first kappa shape index (κ1) is 7.76. The summed E-state index contributed by atoms with van der Waals surface area (Å²) in [5, 5.41) is 8.90. The summed E-state index contributed by atoms with van der Waals surface area (Å²) in [5.41, 5.74) is -0.101. The highest BCUT2D eigenvalue weighted by Gasteiger charge is 2.52. The van der Waals surface area contributed by atoms with Crippen molar-refractivity contribution in [3.63, 3.8) is 0 Å². The van der Waals surface area contributed by atoms with Crippen LogP contribution in [0.15, 0.2) is 12.7 Å². The van der Waals surface area contributed by atoms with Gasteiger partial charge in [-0.1, -0.05) is 6.08 Å². The second kappa shape index (κ2) is 2.72. The first-order valence-corrected chi connectivity index (χ1v) is 3.65. The molecule has 0 saturated heterocycles. The number of rotatable bonds is 4. The Morgan fingerprint density at radius 3 is 2.90 bits per heavy atom. The lowest BCUT2D eigenvalue weighted by Gasteiger charge is -2.06. The highest BCUT2D eigenvalue weighted by molar-refractivity contribution is 5.14. The minimum Gasteiger partial charge on any atom is -0.395 e. The monoisotopic (exact) mass is 142 g/mol. The minimum absolute atomic E-state index is 0.101. The predicted octanol–water partition coefficient (Wildman–Crippen LogP) is 0.960. The van der Waals surface area contributed by atoms with Crippen molar-refractivity contribution in [3.8, 4) is 0 Å². The van der Waals surface area contributed by atoms with Crippen molar-refractivity contribution in [3.05, 3.63) is 12.7 Å². The molecular weight excluding hydrogens is 128 g/mol. The topological polar surface area (TPSA) is 29.5 Å². The molecule has 0 aromatic rings. The van der Waals surface area contributed by atoms with E-state index in [4.69, 9.17) is 9.84 Å². The quantitative estimate of drug-likeness (QED) is 0.592. The lowest BCUT2D eigenvalue weighted by Crippen LogP contribution is -2.10. The SMILES string of the molecule is C=C[C@]1(CO)C[C@@H]1OCC. The van der Waals surface area contributed by atoms with E-state index in [0.717, 1.165) is 13.0 Å². The number of aliphatic hydroxyl groups is 1. The van der Waals surface area contributed by atoms with Gasteiger partial charge in [-0.25, -0.2) is 0 Å². The van der Waals surface area contributed by atoms with Gasteiger partial charge in [0.2, 0.25) is 0 Å². The molecule has 2 heteroatoms.